The first-order valence-corrected chi connectivity index (χ1v) is 5.91. The highest BCUT2D eigenvalue weighted by atomic mass is 19.1. The summed E-state index contributed by atoms with van der Waals surface area (Å²) in [7, 11) is 0. The number of fused-ring (bicyclic) bond motifs is 1. The Hall–Kier alpha value is -2.68. The Labute approximate surface area is 112 Å². The summed E-state index contributed by atoms with van der Waals surface area (Å²) in [5, 5.41) is 18.3. The largest absolute Gasteiger partial charge is 0.477 e. The Morgan fingerprint density at radius 3 is 2.85 bits per heavy atom. The SMILES string of the molecule is N#Cc1[c]ccc2c(=O)c(C(=O)O)cn([C@@H]3C[C@@H]3F)c12. The molecule has 0 aliphatic heterocycles. The number of carbonyl (C=O) groups is 1. The average molecular weight is 271 g/mol. The fourth-order valence-corrected chi connectivity index (χ4v) is 2.29. The molecule has 1 aromatic carbocycles. The number of nitrogens with zero attached hydrogens (tertiary/aromatic N) is 2. The van der Waals surface area contributed by atoms with Gasteiger partial charge in [0.1, 0.15) is 17.8 Å². The molecule has 1 aliphatic carbocycles. The quantitative estimate of drug-likeness (QED) is 0.900. The number of hydrogen-bond acceptors (Lipinski definition) is 3. The predicted octanol–water partition coefficient (Wildman–Crippen LogP) is 1.65. The van der Waals surface area contributed by atoms with Crippen molar-refractivity contribution >= 4 is 16.9 Å². The zero-order valence-electron chi connectivity index (χ0n) is 10.1. The monoisotopic (exact) mass is 271 g/mol. The smallest absolute Gasteiger partial charge is 0.341 e. The lowest BCUT2D eigenvalue weighted by Gasteiger charge is -2.12. The van der Waals surface area contributed by atoms with Crippen LogP contribution in [0.15, 0.2) is 23.1 Å². The van der Waals surface area contributed by atoms with Crippen LogP contribution in [-0.4, -0.2) is 21.8 Å². The molecule has 1 aliphatic rings. The van der Waals surface area contributed by atoms with Crippen LogP contribution in [-0.2, 0) is 0 Å². The van der Waals surface area contributed by atoms with Gasteiger partial charge in [0.25, 0.3) is 0 Å². The molecule has 0 amide bonds. The van der Waals surface area contributed by atoms with Gasteiger partial charge in [0.15, 0.2) is 0 Å². The number of halogens is 1. The van der Waals surface area contributed by atoms with Crippen LogP contribution < -0.4 is 5.43 Å². The maximum absolute atomic E-state index is 13.3. The molecule has 1 fully saturated rings. The summed E-state index contributed by atoms with van der Waals surface area (Å²) in [6, 6.07) is 6.84. The van der Waals surface area contributed by atoms with Crippen LogP contribution >= 0.6 is 0 Å². The van der Waals surface area contributed by atoms with E-state index in [2.05, 4.69) is 6.07 Å². The van der Waals surface area contributed by atoms with E-state index in [1.165, 1.54) is 16.7 Å². The zero-order chi connectivity index (χ0) is 14.4. The number of alkyl halides is 1. The highest BCUT2D eigenvalue weighted by Crippen LogP contribution is 2.40. The predicted molar refractivity (Wildman–Crippen MR) is 67.3 cm³/mol. The molecule has 2 atom stereocenters. The topological polar surface area (TPSA) is 83.1 Å². The first kappa shape index (κ1) is 12.4. The summed E-state index contributed by atoms with van der Waals surface area (Å²) < 4.78 is 14.7. The molecular formula is C14H8FN2O3. The number of carboxylic acid groups (broad SMARTS) is 1. The van der Waals surface area contributed by atoms with Crippen molar-refractivity contribution < 1.29 is 14.3 Å². The van der Waals surface area contributed by atoms with Crippen LogP contribution in [0.5, 0.6) is 0 Å². The maximum Gasteiger partial charge on any atom is 0.341 e. The summed E-state index contributed by atoms with van der Waals surface area (Å²) in [5.74, 6) is -1.37. The van der Waals surface area contributed by atoms with E-state index in [1.54, 1.807) is 0 Å². The van der Waals surface area contributed by atoms with Crippen LogP contribution in [0, 0.1) is 17.4 Å². The van der Waals surface area contributed by atoms with Crippen LogP contribution in [0.2, 0.25) is 0 Å². The van der Waals surface area contributed by atoms with Crippen molar-refractivity contribution in [2.45, 2.75) is 18.6 Å². The second-order valence-corrected chi connectivity index (χ2v) is 4.63. The molecule has 5 nitrogen and oxygen atoms in total. The fraction of sp³-hybridized carbons (Fsp3) is 0.214. The van der Waals surface area contributed by atoms with Gasteiger partial charge in [-0.15, -0.1) is 0 Å². The molecule has 20 heavy (non-hydrogen) atoms. The second kappa shape index (κ2) is 4.17. The molecule has 2 aromatic rings. The van der Waals surface area contributed by atoms with E-state index in [0.717, 1.165) is 6.20 Å². The molecule has 6 heteroatoms. The van der Waals surface area contributed by atoms with Crippen molar-refractivity contribution in [3.05, 3.63) is 45.7 Å². The molecular weight excluding hydrogens is 263 g/mol. The van der Waals surface area contributed by atoms with E-state index < -0.39 is 29.2 Å². The number of rotatable bonds is 2. The third-order valence-corrected chi connectivity index (χ3v) is 3.37. The minimum atomic E-state index is -1.37. The minimum Gasteiger partial charge on any atom is -0.477 e. The molecule has 1 heterocycles. The van der Waals surface area contributed by atoms with E-state index in [1.807, 2.05) is 6.07 Å². The van der Waals surface area contributed by atoms with E-state index in [9.17, 15) is 14.0 Å². The van der Waals surface area contributed by atoms with Crippen LogP contribution in [0.25, 0.3) is 10.9 Å². The Morgan fingerprint density at radius 1 is 1.60 bits per heavy atom. The van der Waals surface area contributed by atoms with Crippen LogP contribution in [0.4, 0.5) is 4.39 Å². The van der Waals surface area contributed by atoms with Crippen molar-refractivity contribution in [1.29, 1.82) is 5.26 Å². The highest BCUT2D eigenvalue weighted by molar-refractivity contribution is 5.94. The second-order valence-electron chi connectivity index (χ2n) is 4.63. The van der Waals surface area contributed by atoms with E-state index in [4.69, 9.17) is 10.4 Å². The van der Waals surface area contributed by atoms with Crippen LogP contribution in [0.3, 0.4) is 0 Å². The molecule has 99 valence electrons. The van der Waals surface area contributed by atoms with Gasteiger partial charge in [-0.1, -0.05) is 6.07 Å². The van der Waals surface area contributed by atoms with Gasteiger partial charge in [-0.05, 0) is 6.07 Å². The standard InChI is InChI=1S/C14H8FN2O3/c15-10-4-11(10)17-6-9(14(19)20)13(18)8-3-1-2-7(5-16)12(8)17/h1,3,6,10-11H,4H2,(H,19,20)/t10-,11+/m0/s1. The van der Waals surface area contributed by atoms with Gasteiger partial charge in [0.2, 0.25) is 5.43 Å². The molecule has 1 saturated carbocycles. The van der Waals surface area contributed by atoms with Gasteiger partial charge in [0.05, 0.1) is 17.1 Å². The summed E-state index contributed by atoms with van der Waals surface area (Å²) in [6.45, 7) is 0. The Kier molecular flexibility index (Phi) is 2.57. The summed E-state index contributed by atoms with van der Waals surface area (Å²) in [6.07, 6.45) is 0.275. The van der Waals surface area contributed by atoms with Gasteiger partial charge in [-0.2, -0.15) is 5.26 Å². The summed E-state index contributed by atoms with van der Waals surface area (Å²) in [5.41, 5.74) is -0.747. The van der Waals surface area contributed by atoms with Crippen molar-refractivity contribution in [3.63, 3.8) is 0 Å². The molecule has 1 radical (unpaired) electrons. The summed E-state index contributed by atoms with van der Waals surface area (Å²) in [4.78, 5) is 23.2. The van der Waals surface area contributed by atoms with Gasteiger partial charge < -0.3 is 9.67 Å². The molecule has 3 rings (SSSR count). The molecule has 1 N–H and O–H groups in total. The molecule has 0 unspecified atom stereocenters. The van der Waals surface area contributed by atoms with Crippen molar-refractivity contribution in [2.75, 3.05) is 0 Å². The first-order valence-electron chi connectivity index (χ1n) is 5.91. The van der Waals surface area contributed by atoms with Crippen molar-refractivity contribution in [2.24, 2.45) is 0 Å². The number of nitriles is 1. The van der Waals surface area contributed by atoms with Crippen molar-refractivity contribution in [3.8, 4) is 6.07 Å². The number of aromatic carboxylic acids is 1. The third kappa shape index (κ3) is 1.67. The normalized spacial score (nSPS) is 20.6. The number of aromatic nitrogens is 1. The first-order chi connectivity index (χ1) is 9.54. The molecule has 0 saturated heterocycles. The number of benzene rings is 1. The lowest BCUT2D eigenvalue weighted by molar-refractivity contribution is 0.0694. The Balaban J connectivity index is 2.46. The third-order valence-electron chi connectivity index (χ3n) is 3.37. The number of hydrogen-bond donors (Lipinski definition) is 1. The minimum absolute atomic E-state index is 0.0966. The Morgan fingerprint density at radius 2 is 2.30 bits per heavy atom. The van der Waals surface area contributed by atoms with Gasteiger partial charge in [0, 0.05) is 24.1 Å². The number of pyridine rings is 1. The zero-order valence-corrected chi connectivity index (χ0v) is 10.1. The average Bonchev–Trinajstić information content (AvgIpc) is 3.15. The Bertz CT molecular complexity index is 835. The highest BCUT2D eigenvalue weighted by Gasteiger charge is 2.40. The maximum atomic E-state index is 13.3. The van der Waals surface area contributed by atoms with E-state index in [0.29, 0.717) is 0 Å². The molecule has 1 aromatic heterocycles. The number of carboxylic acids is 1. The summed E-state index contributed by atoms with van der Waals surface area (Å²) >= 11 is 0. The molecule has 0 bridgehead atoms. The van der Waals surface area contributed by atoms with Gasteiger partial charge in [-0.25, -0.2) is 9.18 Å². The van der Waals surface area contributed by atoms with Gasteiger partial charge >= 0.3 is 5.97 Å². The van der Waals surface area contributed by atoms with Crippen LogP contribution in [0.1, 0.15) is 28.4 Å². The van der Waals surface area contributed by atoms with E-state index in [-0.39, 0.29) is 22.9 Å². The molecule has 0 spiro atoms. The van der Waals surface area contributed by atoms with Gasteiger partial charge in [-0.3, -0.25) is 4.79 Å². The van der Waals surface area contributed by atoms with Crippen molar-refractivity contribution in [1.82, 2.24) is 4.57 Å². The lowest BCUT2D eigenvalue weighted by Crippen LogP contribution is -2.19. The lowest BCUT2D eigenvalue weighted by atomic mass is 10.1. The van der Waals surface area contributed by atoms with E-state index >= 15 is 0 Å². The fourth-order valence-electron chi connectivity index (χ4n) is 2.29.